The second-order valence-corrected chi connectivity index (χ2v) is 0.947. The van der Waals surface area contributed by atoms with Crippen LogP contribution in [0.3, 0.4) is 0 Å². The third kappa shape index (κ3) is 3.76. The van der Waals surface area contributed by atoms with Gasteiger partial charge in [0.05, 0.1) is 7.85 Å². The van der Waals surface area contributed by atoms with E-state index in [1.54, 1.807) is 6.08 Å². The van der Waals surface area contributed by atoms with Gasteiger partial charge < -0.3 is 5.32 Å². The molecule has 0 aromatic heterocycles. The number of rotatable bonds is 3. The minimum atomic E-state index is 0.534. The van der Waals surface area contributed by atoms with Crippen molar-refractivity contribution in [2.75, 3.05) is 13.0 Å². The molecule has 0 saturated heterocycles. The van der Waals surface area contributed by atoms with Gasteiger partial charge in [-0.2, -0.15) is 0 Å². The van der Waals surface area contributed by atoms with Crippen LogP contribution in [0.2, 0.25) is 0 Å². The molecule has 2 radical (unpaired) electrons. The first-order chi connectivity index (χ1) is 2.91. The molecule has 0 atom stereocenters. The van der Waals surface area contributed by atoms with E-state index < -0.39 is 0 Å². The Balaban J connectivity index is 2.49. The molecular weight excluding hydrogens is 72.9 g/mol. The van der Waals surface area contributed by atoms with E-state index in [4.69, 9.17) is 7.85 Å². The topological polar surface area (TPSA) is 12.0 Å². The van der Waals surface area contributed by atoms with E-state index in [1.165, 1.54) is 0 Å². The van der Waals surface area contributed by atoms with Crippen molar-refractivity contribution >= 4 is 7.85 Å². The third-order valence-corrected chi connectivity index (χ3v) is 0.433. The van der Waals surface area contributed by atoms with Gasteiger partial charge in [0, 0.05) is 6.54 Å². The van der Waals surface area contributed by atoms with Crippen molar-refractivity contribution in [1.29, 1.82) is 0 Å². The van der Waals surface area contributed by atoms with Crippen LogP contribution >= 0.6 is 0 Å². The van der Waals surface area contributed by atoms with Crippen LogP contribution in [0, 0.1) is 0 Å². The first-order valence-electron chi connectivity index (χ1n) is 1.93. The van der Waals surface area contributed by atoms with E-state index >= 15 is 0 Å². The highest BCUT2D eigenvalue weighted by Gasteiger charge is 1.66. The van der Waals surface area contributed by atoms with Crippen molar-refractivity contribution < 1.29 is 0 Å². The molecule has 32 valence electrons. The lowest BCUT2D eigenvalue weighted by Crippen LogP contribution is -2.13. The molecule has 0 aliphatic rings. The Labute approximate surface area is 39.8 Å². The summed E-state index contributed by atoms with van der Waals surface area (Å²) in [6.07, 6.45) is 2.30. The zero-order chi connectivity index (χ0) is 4.83. The number of hydrogen-bond donors (Lipinski definition) is 1. The maximum Gasteiger partial charge on any atom is 0.0859 e. The Morgan fingerprint density at radius 1 is 1.83 bits per heavy atom. The largest absolute Gasteiger partial charge is 0.322 e. The standard InChI is InChI=1S/C4H8BN/c1-2-3-6-4-5/h2,6H,1,3-4H2. The lowest BCUT2D eigenvalue weighted by molar-refractivity contribution is 0.886. The average Bonchev–Trinajstić information content (AvgIpc) is 1.61. The zero-order valence-corrected chi connectivity index (χ0v) is 3.78. The second kappa shape index (κ2) is 4.76. The van der Waals surface area contributed by atoms with E-state index in [1.807, 2.05) is 0 Å². The van der Waals surface area contributed by atoms with Crippen LogP contribution in [0.25, 0.3) is 0 Å². The van der Waals surface area contributed by atoms with Crippen LogP contribution < -0.4 is 5.32 Å². The molecule has 2 heteroatoms. The fourth-order valence-electron chi connectivity index (χ4n) is 0.185. The van der Waals surface area contributed by atoms with E-state index in [-0.39, 0.29) is 0 Å². The monoisotopic (exact) mass is 81.1 g/mol. The Morgan fingerprint density at radius 2 is 2.50 bits per heavy atom. The maximum atomic E-state index is 5.06. The van der Waals surface area contributed by atoms with Gasteiger partial charge in [0.15, 0.2) is 0 Å². The summed E-state index contributed by atoms with van der Waals surface area (Å²) in [6, 6.07) is 0. The van der Waals surface area contributed by atoms with Crippen molar-refractivity contribution in [2.45, 2.75) is 0 Å². The number of hydrogen-bond acceptors (Lipinski definition) is 1. The Hall–Kier alpha value is -0.235. The first kappa shape index (κ1) is 5.76. The van der Waals surface area contributed by atoms with Crippen LogP contribution in [0.15, 0.2) is 12.7 Å². The molecule has 0 aromatic rings. The van der Waals surface area contributed by atoms with E-state index in [9.17, 15) is 0 Å². The molecule has 0 aliphatic heterocycles. The SMILES string of the molecule is [B]CNCC=C. The highest BCUT2D eigenvalue weighted by atomic mass is 14.8. The quantitative estimate of drug-likeness (QED) is 0.284. The minimum Gasteiger partial charge on any atom is -0.322 e. The van der Waals surface area contributed by atoms with Crippen molar-refractivity contribution in [1.82, 2.24) is 5.32 Å². The van der Waals surface area contributed by atoms with E-state index in [0.717, 1.165) is 6.54 Å². The molecule has 1 nitrogen and oxygen atoms in total. The molecule has 0 heterocycles. The summed E-state index contributed by atoms with van der Waals surface area (Å²) in [4.78, 5) is 0. The van der Waals surface area contributed by atoms with Crippen molar-refractivity contribution in [3.63, 3.8) is 0 Å². The average molecular weight is 80.9 g/mol. The van der Waals surface area contributed by atoms with Crippen LogP contribution in [-0.4, -0.2) is 20.8 Å². The summed E-state index contributed by atoms with van der Waals surface area (Å²) in [6.45, 7) is 4.28. The van der Waals surface area contributed by atoms with Gasteiger partial charge in [-0.05, 0) is 6.44 Å². The molecule has 0 fully saturated rings. The van der Waals surface area contributed by atoms with Gasteiger partial charge in [0.2, 0.25) is 0 Å². The molecule has 0 unspecified atom stereocenters. The predicted octanol–water partition coefficient (Wildman–Crippen LogP) is -0.112. The molecule has 0 bridgehead atoms. The van der Waals surface area contributed by atoms with Crippen molar-refractivity contribution in [2.24, 2.45) is 0 Å². The molecular formula is C4H8BN. The first-order valence-corrected chi connectivity index (χ1v) is 1.93. The fraction of sp³-hybridized carbons (Fsp3) is 0.500. The van der Waals surface area contributed by atoms with Gasteiger partial charge >= 0.3 is 0 Å². The van der Waals surface area contributed by atoms with Crippen LogP contribution in [0.5, 0.6) is 0 Å². The molecule has 0 saturated carbocycles. The summed E-state index contributed by atoms with van der Waals surface area (Å²) >= 11 is 0. The summed E-state index contributed by atoms with van der Waals surface area (Å²) < 4.78 is 0. The van der Waals surface area contributed by atoms with E-state index in [2.05, 4.69) is 11.9 Å². The van der Waals surface area contributed by atoms with Gasteiger partial charge in [-0.25, -0.2) is 0 Å². The molecule has 0 spiro atoms. The summed E-state index contributed by atoms with van der Waals surface area (Å²) in [5, 5.41) is 2.86. The van der Waals surface area contributed by atoms with Crippen molar-refractivity contribution in [3.05, 3.63) is 12.7 Å². The third-order valence-electron chi connectivity index (χ3n) is 0.433. The van der Waals surface area contributed by atoms with Crippen LogP contribution in [-0.2, 0) is 0 Å². The molecule has 0 aromatic carbocycles. The second-order valence-electron chi connectivity index (χ2n) is 0.947. The van der Waals surface area contributed by atoms with Gasteiger partial charge in [0.1, 0.15) is 0 Å². The van der Waals surface area contributed by atoms with Gasteiger partial charge in [0.25, 0.3) is 0 Å². The highest BCUT2D eigenvalue weighted by molar-refractivity contribution is 6.08. The van der Waals surface area contributed by atoms with Gasteiger partial charge in [-0.15, -0.1) is 6.58 Å². The Morgan fingerprint density at radius 3 is 2.67 bits per heavy atom. The highest BCUT2D eigenvalue weighted by Crippen LogP contribution is 1.52. The predicted molar refractivity (Wildman–Crippen MR) is 28.8 cm³/mol. The molecule has 0 aliphatic carbocycles. The zero-order valence-electron chi connectivity index (χ0n) is 3.78. The van der Waals surface area contributed by atoms with Crippen LogP contribution in [0.1, 0.15) is 0 Å². The fourth-order valence-corrected chi connectivity index (χ4v) is 0.185. The van der Waals surface area contributed by atoms with Gasteiger partial charge in [-0.1, -0.05) is 6.08 Å². The lowest BCUT2D eigenvalue weighted by Gasteiger charge is -1.88. The van der Waals surface area contributed by atoms with Crippen LogP contribution in [0.4, 0.5) is 0 Å². The smallest absolute Gasteiger partial charge is 0.0859 e. The van der Waals surface area contributed by atoms with Gasteiger partial charge in [-0.3, -0.25) is 0 Å². The lowest BCUT2D eigenvalue weighted by atomic mass is 10.2. The maximum absolute atomic E-state index is 5.06. The minimum absolute atomic E-state index is 0.534. The molecule has 1 N–H and O–H groups in total. The van der Waals surface area contributed by atoms with Crippen molar-refractivity contribution in [3.8, 4) is 0 Å². The summed E-state index contributed by atoms with van der Waals surface area (Å²) in [7, 11) is 5.06. The summed E-state index contributed by atoms with van der Waals surface area (Å²) in [5.74, 6) is 0. The molecule has 0 rings (SSSR count). The van der Waals surface area contributed by atoms with E-state index in [0.29, 0.717) is 6.44 Å². The Bertz CT molecular complexity index is 36.5. The Kier molecular flexibility index (Phi) is 4.58. The summed E-state index contributed by atoms with van der Waals surface area (Å²) in [5.41, 5.74) is 0. The molecule has 0 amide bonds. The normalized spacial score (nSPS) is 8.00. The number of nitrogens with one attached hydrogen (secondary N) is 1. The molecule has 6 heavy (non-hydrogen) atoms.